The van der Waals surface area contributed by atoms with Crippen LogP contribution in [0.1, 0.15) is 47.7 Å². The molecule has 2 heterocycles. The second-order valence-electron chi connectivity index (χ2n) is 6.89. The van der Waals surface area contributed by atoms with Gasteiger partial charge in [0.15, 0.2) is 0 Å². The van der Waals surface area contributed by atoms with Gasteiger partial charge in [0.2, 0.25) is 11.9 Å². The number of para-hydroxylation sites is 1. The Bertz CT molecular complexity index is 1060. The average molecular weight is 404 g/mol. The number of thioether (sulfide) groups is 1. The highest BCUT2D eigenvalue weighted by Crippen LogP contribution is 2.36. The molecule has 4 rings (SSSR count). The number of nitrogens with zero attached hydrogens (tertiary/aromatic N) is 5. The average Bonchev–Trinajstić information content (AvgIpc) is 2.73. The number of aromatic nitrogens is 4. The fraction of sp³-hybridized carbons (Fsp3) is 0.286. The molecule has 0 amide bonds. The predicted octanol–water partition coefficient (Wildman–Crippen LogP) is 4.20. The number of hydrogen-bond acceptors (Lipinski definition) is 8. The number of hydrogen-bond donors (Lipinski definition) is 2. The molecule has 3 aromatic rings. The maximum Gasteiger partial charge on any atom is 0.232 e. The highest BCUT2D eigenvalue weighted by Gasteiger charge is 2.20. The molecule has 0 aliphatic heterocycles. The van der Waals surface area contributed by atoms with E-state index < -0.39 is 0 Å². The van der Waals surface area contributed by atoms with Crippen LogP contribution >= 0.6 is 11.8 Å². The van der Waals surface area contributed by atoms with Gasteiger partial charge in [-0.2, -0.15) is 20.2 Å². The van der Waals surface area contributed by atoms with Crippen molar-refractivity contribution in [2.75, 3.05) is 11.1 Å². The lowest BCUT2D eigenvalue weighted by Gasteiger charge is -2.18. The second kappa shape index (κ2) is 8.45. The number of benzene rings is 1. The summed E-state index contributed by atoms with van der Waals surface area (Å²) in [5.41, 5.74) is 9.68. The van der Waals surface area contributed by atoms with Crippen molar-refractivity contribution in [3.8, 4) is 6.07 Å². The molecule has 0 spiro atoms. The summed E-state index contributed by atoms with van der Waals surface area (Å²) in [5.74, 6) is 1.09. The van der Waals surface area contributed by atoms with Crippen LogP contribution in [0.15, 0.2) is 41.4 Å². The Balaban J connectivity index is 1.59. The number of aryl methyl sites for hydroxylation is 2. The van der Waals surface area contributed by atoms with Crippen molar-refractivity contribution in [1.29, 1.82) is 5.26 Å². The summed E-state index contributed by atoms with van der Waals surface area (Å²) >= 11 is 1.47. The van der Waals surface area contributed by atoms with Crippen LogP contribution in [0, 0.1) is 11.3 Å². The van der Waals surface area contributed by atoms with Gasteiger partial charge in [-0.3, -0.25) is 0 Å². The topological polar surface area (TPSA) is 113 Å². The fourth-order valence-corrected chi connectivity index (χ4v) is 4.24. The Morgan fingerprint density at radius 3 is 2.69 bits per heavy atom. The van der Waals surface area contributed by atoms with Crippen molar-refractivity contribution in [3.63, 3.8) is 0 Å². The SMILES string of the molecule is CC(Sc1nc2c(cc1C#N)CCCC2)c1nc(N)nc(Nc2ccccc2)n1. The first-order valence-electron chi connectivity index (χ1n) is 9.55. The molecule has 1 atom stereocenters. The number of nitrogens with two attached hydrogens (primary N) is 1. The largest absolute Gasteiger partial charge is 0.368 e. The first-order valence-corrected chi connectivity index (χ1v) is 10.4. The van der Waals surface area contributed by atoms with Crippen molar-refractivity contribution in [1.82, 2.24) is 19.9 Å². The Kier molecular flexibility index (Phi) is 5.58. The molecule has 3 N–H and O–H groups in total. The second-order valence-corrected chi connectivity index (χ2v) is 8.22. The lowest BCUT2D eigenvalue weighted by atomic mass is 9.95. The first-order chi connectivity index (χ1) is 14.1. The van der Waals surface area contributed by atoms with Gasteiger partial charge in [-0.25, -0.2) is 4.98 Å². The minimum atomic E-state index is -0.141. The van der Waals surface area contributed by atoms with Crippen molar-refractivity contribution < 1.29 is 0 Å². The van der Waals surface area contributed by atoms with Crippen LogP contribution in [-0.2, 0) is 12.8 Å². The summed E-state index contributed by atoms with van der Waals surface area (Å²) in [6, 6.07) is 13.9. The summed E-state index contributed by atoms with van der Waals surface area (Å²) in [7, 11) is 0. The van der Waals surface area contributed by atoms with Gasteiger partial charge < -0.3 is 11.1 Å². The van der Waals surface area contributed by atoms with E-state index in [-0.39, 0.29) is 11.2 Å². The molecule has 1 aliphatic carbocycles. The van der Waals surface area contributed by atoms with Gasteiger partial charge in [0.1, 0.15) is 16.9 Å². The van der Waals surface area contributed by atoms with Crippen molar-refractivity contribution in [2.24, 2.45) is 0 Å². The summed E-state index contributed by atoms with van der Waals surface area (Å²) in [5, 5.41) is 13.3. The minimum absolute atomic E-state index is 0.141. The zero-order valence-electron chi connectivity index (χ0n) is 16.1. The Morgan fingerprint density at radius 2 is 1.90 bits per heavy atom. The lowest BCUT2D eigenvalue weighted by Crippen LogP contribution is -2.10. The van der Waals surface area contributed by atoms with E-state index in [9.17, 15) is 5.26 Å². The quantitative estimate of drug-likeness (QED) is 0.610. The number of rotatable bonds is 5. The number of anilines is 3. The minimum Gasteiger partial charge on any atom is -0.368 e. The van der Waals surface area contributed by atoms with E-state index in [2.05, 4.69) is 26.3 Å². The molecule has 0 bridgehead atoms. The van der Waals surface area contributed by atoms with Crippen LogP contribution in [-0.4, -0.2) is 19.9 Å². The summed E-state index contributed by atoms with van der Waals surface area (Å²) in [6.07, 6.45) is 4.26. The van der Waals surface area contributed by atoms with E-state index in [1.54, 1.807) is 0 Å². The third-order valence-corrected chi connectivity index (χ3v) is 5.84. The molecule has 0 fully saturated rings. The Hall–Kier alpha value is -3.18. The van der Waals surface area contributed by atoms with Crippen LogP contribution in [0.5, 0.6) is 0 Å². The van der Waals surface area contributed by atoms with Gasteiger partial charge >= 0.3 is 0 Å². The van der Waals surface area contributed by atoms with Crippen molar-refractivity contribution in [3.05, 3.63) is 59.0 Å². The molecule has 8 heteroatoms. The molecule has 0 saturated carbocycles. The van der Waals surface area contributed by atoms with Crippen LogP contribution in [0.4, 0.5) is 17.6 Å². The van der Waals surface area contributed by atoms with Gasteiger partial charge in [-0.05, 0) is 56.4 Å². The van der Waals surface area contributed by atoms with E-state index in [1.807, 2.05) is 43.3 Å². The summed E-state index contributed by atoms with van der Waals surface area (Å²) < 4.78 is 0. The Morgan fingerprint density at radius 1 is 1.10 bits per heavy atom. The highest BCUT2D eigenvalue weighted by molar-refractivity contribution is 7.99. The number of nitrogens with one attached hydrogen (secondary N) is 1. The van der Waals surface area contributed by atoms with Crippen LogP contribution in [0.3, 0.4) is 0 Å². The van der Waals surface area contributed by atoms with Gasteiger partial charge in [0.05, 0.1) is 10.8 Å². The third-order valence-electron chi connectivity index (χ3n) is 4.74. The molecule has 0 saturated heterocycles. The number of nitrogen functional groups attached to an aromatic ring is 1. The van der Waals surface area contributed by atoms with Gasteiger partial charge in [-0.15, -0.1) is 0 Å². The number of pyridine rings is 1. The summed E-state index contributed by atoms with van der Waals surface area (Å²) in [6.45, 7) is 1.98. The normalized spacial score (nSPS) is 13.9. The smallest absolute Gasteiger partial charge is 0.232 e. The standard InChI is InChI=1S/C21H21N7S/c1-13(29-19-15(12-22)11-14-7-5-6-10-17(14)25-19)18-26-20(23)28-21(27-18)24-16-8-3-2-4-9-16/h2-4,8-9,11,13H,5-7,10H2,1H3,(H3,23,24,26,27,28). The Labute approximate surface area is 173 Å². The molecule has 1 unspecified atom stereocenters. The zero-order chi connectivity index (χ0) is 20.2. The highest BCUT2D eigenvalue weighted by atomic mass is 32.2. The molecule has 0 radical (unpaired) electrons. The van der Waals surface area contributed by atoms with Crippen molar-refractivity contribution >= 4 is 29.3 Å². The lowest BCUT2D eigenvalue weighted by molar-refractivity contribution is 0.659. The molecular weight excluding hydrogens is 382 g/mol. The maximum absolute atomic E-state index is 9.58. The van der Waals surface area contributed by atoms with Gasteiger partial charge in [-0.1, -0.05) is 30.0 Å². The van der Waals surface area contributed by atoms with Crippen LogP contribution in [0.2, 0.25) is 0 Å². The number of nitriles is 1. The fourth-order valence-electron chi connectivity index (χ4n) is 3.30. The van der Waals surface area contributed by atoms with Crippen LogP contribution < -0.4 is 11.1 Å². The molecule has 1 aromatic carbocycles. The molecule has 146 valence electrons. The van der Waals surface area contributed by atoms with E-state index >= 15 is 0 Å². The van der Waals surface area contributed by atoms with E-state index in [4.69, 9.17) is 10.7 Å². The predicted molar refractivity (Wildman–Crippen MR) is 114 cm³/mol. The third kappa shape index (κ3) is 4.46. The molecule has 7 nitrogen and oxygen atoms in total. The first kappa shape index (κ1) is 19.2. The number of fused-ring (bicyclic) bond motifs is 1. The van der Waals surface area contributed by atoms with Crippen molar-refractivity contribution in [2.45, 2.75) is 42.9 Å². The monoisotopic (exact) mass is 403 g/mol. The maximum atomic E-state index is 9.58. The van der Waals surface area contributed by atoms with E-state index in [1.165, 1.54) is 17.3 Å². The molecule has 29 heavy (non-hydrogen) atoms. The van der Waals surface area contributed by atoms with E-state index in [0.717, 1.165) is 42.1 Å². The van der Waals surface area contributed by atoms with E-state index in [0.29, 0.717) is 17.3 Å². The molecular formula is C21H21N7S. The zero-order valence-corrected chi connectivity index (χ0v) is 16.9. The van der Waals surface area contributed by atoms with Gasteiger partial charge in [0.25, 0.3) is 0 Å². The summed E-state index contributed by atoms with van der Waals surface area (Å²) in [4.78, 5) is 17.8. The molecule has 1 aliphatic rings. The molecule has 2 aromatic heterocycles. The van der Waals surface area contributed by atoms with Gasteiger partial charge in [0, 0.05) is 11.4 Å². The van der Waals surface area contributed by atoms with Crippen LogP contribution in [0.25, 0.3) is 0 Å².